The minimum Gasteiger partial charge on any atom is -0.377 e. The van der Waals surface area contributed by atoms with Crippen LogP contribution in [-0.2, 0) is 17.7 Å². The molecule has 120 valence electrons. The summed E-state index contributed by atoms with van der Waals surface area (Å²) in [5, 5.41) is 8.12. The van der Waals surface area contributed by atoms with Gasteiger partial charge >= 0.3 is 0 Å². The molecule has 1 saturated carbocycles. The topological polar surface area (TPSA) is 39.1 Å². The Morgan fingerprint density at radius 2 is 2.05 bits per heavy atom. The zero-order valence-electron chi connectivity index (χ0n) is 13.7. The summed E-state index contributed by atoms with van der Waals surface area (Å²) in [7, 11) is 3.92. The lowest BCUT2D eigenvalue weighted by atomic mass is 9.77. The van der Waals surface area contributed by atoms with Gasteiger partial charge in [0, 0.05) is 26.1 Å². The Balaban J connectivity index is 2.26. The number of aryl methyl sites for hydroxylation is 2. The minimum atomic E-state index is -0.0385. The van der Waals surface area contributed by atoms with E-state index >= 15 is 0 Å². The molecule has 1 aromatic rings. The van der Waals surface area contributed by atoms with E-state index in [9.17, 15) is 0 Å². The third-order valence-corrected chi connectivity index (χ3v) is 5.97. The van der Waals surface area contributed by atoms with Gasteiger partial charge in [-0.1, -0.05) is 19.3 Å². The molecule has 1 fully saturated rings. The van der Waals surface area contributed by atoms with Crippen LogP contribution in [0.4, 0.5) is 0 Å². The van der Waals surface area contributed by atoms with Gasteiger partial charge in [-0.3, -0.25) is 4.68 Å². The molecule has 0 saturated heterocycles. The van der Waals surface area contributed by atoms with Crippen molar-refractivity contribution >= 4 is 15.9 Å². The minimum absolute atomic E-state index is 0.0385. The first-order valence-corrected chi connectivity index (χ1v) is 8.81. The first-order chi connectivity index (χ1) is 10.1. The number of nitrogens with zero attached hydrogens (tertiary/aromatic N) is 2. The highest BCUT2D eigenvalue weighted by Gasteiger charge is 2.40. The first-order valence-electron chi connectivity index (χ1n) is 8.02. The van der Waals surface area contributed by atoms with E-state index in [1.807, 2.05) is 14.2 Å². The summed E-state index contributed by atoms with van der Waals surface area (Å²) in [6, 6.07) is 0.320. The van der Waals surface area contributed by atoms with Gasteiger partial charge in [-0.2, -0.15) is 5.10 Å². The average molecular weight is 358 g/mol. The average Bonchev–Trinajstić information content (AvgIpc) is 2.80. The van der Waals surface area contributed by atoms with Gasteiger partial charge < -0.3 is 10.1 Å². The van der Waals surface area contributed by atoms with Gasteiger partial charge in [-0.05, 0) is 49.7 Å². The van der Waals surface area contributed by atoms with Gasteiger partial charge in [-0.25, -0.2) is 0 Å². The van der Waals surface area contributed by atoms with Crippen molar-refractivity contribution in [1.82, 2.24) is 15.1 Å². The zero-order valence-corrected chi connectivity index (χ0v) is 15.3. The second-order valence-corrected chi connectivity index (χ2v) is 6.83. The number of rotatable bonds is 6. The first kappa shape index (κ1) is 17.0. The largest absolute Gasteiger partial charge is 0.377 e. The van der Waals surface area contributed by atoms with E-state index in [-0.39, 0.29) is 5.60 Å². The van der Waals surface area contributed by atoms with Gasteiger partial charge in [0.1, 0.15) is 0 Å². The Hall–Kier alpha value is -0.390. The fourth-order valence-corrected chi connectivity index (χ4v) is 4.10. The van der Waals surface area contributed by atoms with E-state index in [4.69, 9.17) is 4.74 Å². The number of hydrogen-bond acceptors (Lipinski definition) is 3. The molecule has 0 amide bonds. The van der Waals surface area contributed by atoms with Gasteiger partial charge in [0.15, 0.2) is 0 Å². The molecule has 1 aliphatic rings. The van der Waals surface area contributed by atoms with Crippen LogP contribution in [0.25, 0.3) is 0 Å². The molecule has 1 aromatic heterocycles. The Kier molecular flexibility index (Phi) is 5.86. The summed E-state index contributed by atoms with van der Waals surface area (Å²) in [5.74, 6) is 0. The molecule has 4 nitrogen and oxygen atoms in total. The van der Waals surface area contributed by atoms with Crippen molar-refractivity contribution in [2.24, 2.45) is 0 Å². The molecule has 2 rings (SSSR count). The van der Waals surface area contributed by atoms with Gasteiger partial charge in [-0.15, -0.1) is 0 Å². The highest BCUT2D eigenvalue weighted by atomic mass is 79.9. The Labute approximate surface area is 136 Å². The van der Waals surface area contributed by atoms with Crippen LogP contribution >= 0.6 is 15.9 Å². The monoisotopic (exact) mass is 357 g/mol. The second kappa shape index (κ2) is 7.25. The predicted molar refractivity (Wildman–Crippen MR) is 89.7 cm³/mol. The smallest absolute Gasteiger partial charge is 0.0834 e. The lowest BCUT2D eigenvalue weighted by Crippen LogP contribution is -2.53. The van der Waals surface area contributed by atoms with E-state index in [1.165, 1.54) is 25.0 Å². The third-order valence-electron chi connectivity index (χ3n) is 4.94. The number of nitrogens with one attached hydrogen (secondary N) is 1. The molecule has 1 N–H and O–H groups in total. The molecule has 1 aliphatic carbocycles. The lowest BCUT2D eigenvalue weighted by molar-refractivity contribution is -0.0661. The van der Waals surface area contributed by atoms with Gasteiger partial charge in [0.05, 0.1) is 21.5 Å². The van der Waals surface area contributed by atoms with Crippen LogP contribution in [0.5, 0.6) is 0 Å². The zero-order chi connectivity index (χ0) is 15.5. The molecule has 0 aromatic carbocycles. The van der Waals surface area contributed by atoms with E-state index in [2.05, 4.69) is 44.9 Å². The maximum absolute atomic E-state index is 6.02. The molecule has 1 heterocycles. The van der Waals surface area contributed by atoms with Crippen molar-refractivity contribution in [3.05, 3.63) is 15.9 Å². The SMILES string of the molecule is CCn1nc(C)c(Br)c1CC(NC)C1(OC)CCCCC1. The van der Waals surface area contributed by atoms with Gasteiger partial charge in [0.25, 0.3) is 0 Å². The summed E-state index contributed by atoms with van der Waals surface area (Å²) >= 11 is 3.71. The van der Waals surface area contributed by atoms with E-state index < -0.39 is 0 Å². The molecular formula is C16H28BrN3O. The predicted octanol–water partition coefficient (Wildman–Crippen LogP) is 3.45. The molecule has 0 aliphatic heterocycles. The van der Waals surface area contributed by atoms with Crippen molar-refractivity contribution in [3.8, 4) is 0 Å². The Bertz CT molecular complexity index is 466. The summed E-state index contributed by atoms with van der Waals surface area (Å²) in [6.07, 6.45) is 7.09. The Morgan fingerprint density at radius 3 is 2.57 bits per heavy atom. The van der Waals surface area contributed by atoms with Crippen LogP contribution in [0, 0.1) is 6.92 Å². The summed E-state index contributed by atoms with van der Waals surface area (Å²) < 4.78 is 9.27. The molecule has 1 atom stereocenters. The van der Waals surface area contributed by atoms with E-state index in [0.717, 1.165) is 36.0 Å². The van der Waals surface area contributed by atoms with Crippen LogP contribution in [0.3, 0.4) is 0 Å². The van der Waals surface area contributed by atoms with E-state index in [1.54, 1.807) is 0 Å². The van der Waals surface area contributed by atoms with Crippen LogP contribution in [0.15, 0.2) is 4.47 Å². The molecule has 5 heteroatoms. The highest BCUT2D eigenvalue weighted by molar-refractivity contribution is 9.10. The van der Waals surface area contributed by atoms with Crippen molar-refractivity contribution in [3.63, 3.8) is 0 Å². The number of methoxy groups -OCH3 is 1. The van der Waals surface area contributed by atoms with Crippen LogP contribution in [-0.4, -0.2) is 35.6 Å². The van der Waals surface area contributed by atoms with Crippen LogP contribution in [0.1, 0.15) is 50.4 Å². The molecule has 0 radical (unpaired) electrons. The summed E-state index contributed by atoms with van der Waals surface area (Å²) in [5.41, 5.74) is 2.30. The van der Waals surface area contributed by atoms with Crippen molar-refractivity contribution < 1.29 is 4.74 Å². The highest BCUT2D eigenvalue weighted by Crippen LogP contribution is 2.36. The maximum Gasteiger partial charge on any atom is 0.0834 e. The molecule has 21 heavy (non-hydrogen) atoms. The quantitative estimate of drug-likeness (QED) is 0.847. The molecular weight excluding hydrogens is 330 g/mol. The molecule has 0 spiro atoms. The fraction of sp³-hybridized carbons (Fsp3) is 0.812. The second-order valence-electron chi connectivity index (χ2n) is 6.04. The van der Waals surface area contributed by atoms with Crippen molar-refractivity contribution in [2.45, 2.75) is 70.6 Å². The maximum atomic E-state index is 6.02. The van der Waals surface area contributed by atoms with Crippen LogP contribution < -0.4 is 5.32 Å². The fourth-order valence-electron chi connectivity index (χ4n) is 3.65. The Morgan fingerprint density at radius 1 is 1.38 bits per heavy atom. The lowest BCUT2D eigenvalue weighted by Gasteiger charge is -2.42. The third kappa shape index (κ3) is 3.35. The normalized spacial score (nSPS) is 19.7. The number of halogens is 1. The standard InChI is InChI=1S/C16H28BrN3O/c1-5-20-13(15(17)12(2)19-20)11-14(18-3)16(21-4)9-7-6-8-10-16/h14,18H,5-11H2,1-4H3. The van der Waals surface area contributed by atoms with E-state index in [0.29, 0.717) is 6.04 Å². The summed E-state index contributed by atoms with van der Waals surface area (Å²) in [4.78, 5) is 0. The number of aromatic nitrogens is 2. The molecule has 1 unspecified atom stereocenters. The van der Waals surface area contributed by atoms with Crippen molar-refractivity contribution in [2.75, 3.05) is 14.2 Å². The molecule has 0 bridgehead atoms. The number of hydrogen-bond donors (Lipinski definition) is 1. The summed E-state index contributed by atoms with van der Waals surface area (Å²) in [6.45, 7) is 5.10. The van der Waals surface area contributed by atoms with Crippen molar-refractivity contribution in [1.29, 1.82) is 0 Å². The van der Waals surface area contributed by atoms with Crippen LogP contribution in [0.2, 0.25) is 0 Å². The van der Waals surface area contributed by atoms with Gasteiger partial charge in [0.2, 0.25) is 0 Å². The number of ether oxygens (including phenoxy) is 1. The number of likely N-dealkylation sites (N-methyl/N-ethyl adjacent to an activating group) is 1.